The molecule has 0 bridgehead atoms. The average molecular weight is 291 g/mol. The molecule has 114 valence electrons. The van der Waals surface area contributed by atoms with Crippen molar-refractivity contribution in [1.29, 1.82) is 0 Å². The van der Waals surface area contributed by atoms with E-state index >= 15 is 0 Å². The highest BCUT2D eigenvalue weighted by Crippen LogP contribution is 2.18. The molecule has 0 amide bonds. The van der Waals surface area contributed by atoms with Crippen molar-refractivity contribution in [1.82, 2.24) is 14.9 Å². The third kappa shape index (κ3) is 8.57. The number of hydrogen-bond donors (Lipinski definition) is 2. The van der Waals surface area contributed by atoms with Crippen LogP contribution in [0.5, 0.6) is 0 Å². The summed E-state index contributed by atoms with van der Waals surface area (Å²) in [6.07, 6.45) is 4.04. The molecule has 0 spiro atoms. The summed E-state index contributed by atoms with van der Waals surface area (Å²) in [7, 11) is -1.03. The summed E-state index contributed by atoms with van der Waals surface area (Å²) < 4.78 is 26.1. The number of nitrogens with one attached hydrogen (secondary N) is 2. The smallest absolute Gasteiger partial charge is 0.211 e. The van der Waals surface area contributed by atoms with Gasteiger partial charge in [-0.05, 0) is 59.7 Å². The number of nitrogens with zero attached hydrogens (tertiary/aromatic N) is 1. The van der Waals surface area contributed by atoms with Crippen molar-refractivity contribution >= 4 is 10.0 Å². The van der Waals surface area contributed by atoms with Gasteiger partial charge in [0.1, 0.15) is 0 Å². The van der Waals surface area contributed by atoms with E-state index in [1.165, 1.54) is 12.8 Å². The monoisotopic (exact) mass is 291 g/mol. The first kappa shape index (κ1) is 16.9. The fourth-order valence-electron chi connectivity index (χ4n) is 1.74. The lowest BCUT2D eigenvalue weighted by molar-refractivity contribution is 0.271. The first-order valence-corrected chi connectivity index (χ1v) is 8.97. The molecule has 1 aliphatic rings. The predicted octanol–water partition coefficient (Wildman–Crippen LogP) is 0.778. The van der Waals surface area contributed by atoms with Crippen LogP contribution in [0.2, 0.25) is 0 Å². The number of rotatable bonds is 11. The van der Waals surface area contributed by atoms with Gasteiger partial charge >= 0.3 is 0 Å². The van der Waals surface area contributed by atoms with E-state index in [1.54, 1.807) is 0 Å². The molecule has 1 rings (SSSR count). The second kappa shape index (κ2) is 8.19. The quantitative estimate of drug-likeness (QED) is 0.552. The summed E-state index contributed by atoms with van der Waals surface area (Å²) in [4.78, 5) is 2.22. The van der Waals surface area contributed by atoms with Gasteiger partial charge in [0.15, 0.2) is 0 Å². The SMILES string of the molecule is CC(C)N(C)CCCNS(=O)(=O)CCCNC1CC1. The van der Waals surface area contributed by atoms with Gasteiger partial charge in [-0.25, -0.2) is 13.1 Å². The van der Waals surface area contributed by atoms with Crippen molar-refractivity contribution < 1.29 is 8.42 Å². The highest BCUT2D eigenvalue weighted by atomic mass is 32.2. The van der Waals surface area contributed by atoms with Crippen LogP contribution in [0.3, 0.4) is 0 Å². The largest absolute Gasteiger partial charge is 0.314 e. The molecule has 1 aliphatic carbocycles. The molecule has 0 saturated heterocycles. The Morgan fingerprint density at radius 1 is 1.21 bits per heavy atom. The Labute approximate surface area is 118 Å². The maximum atomic E-state index is 11.7. The molecule has 0 aliphatic heterocycles. The van der Waals surface area contributed by atoms with Crippen LogP contribution in [0.1, 0.15) is 39.5 Å². The molecule has 19 heavy (non-hydrogen) atoms. The van der Waals surface area contributed by atoms with Gasteiger partial charge in [0.25, 0.3) is 0 Å². The third-order valence-corrected chi connectivity index (χ3v) is 4.96. The van der Waals surface area contributed by atoms with Crippen LogP contribution in [0.4, 0.5) is 0 Å². The molecular weight excluding hydrogens is 262 g/mol. The van der Waals surface area contributed by atoms with Gasteiger partial charge in [-0.15, -0.1) is 0 Å². The maximum Gasteiger partial charge on any atom is 0.211 e. The van der Waals surface area contributed by atoms with Crippen LogP contribution < -0.4 is 10.0 Å². The second-order valence-electron chi connectivity index (χ2n) is 5.72. The summed E-state index contributed by atoms with van der Waals surface area (Å²) >= 11 is 0. The minimum atomic E-state index is -3.09. The minimum absolute atomic E-state index is 0.229. The molecule has 0 aromatic carbocycles. The summed E-state index contributed by atoms with van der Waals surface area (Å²) in [5.74, 6) is 0.229. The molecular formula is C13H29N3O2S. The Morgan fingerprint density at radius 2 is 1.89 bits per heavy atom. The molecule has 0 atom stereocenters. The molecule has 0 aromatic rings. The Bertz CT molecular complexity index is 340. The molecule has 6 heteroatoms. The molecule has 5 nitrogen and oxygen atoms in total. The number of sulfonamides is 1. The van der Waals surface area contributed by atoms with Crippen molar-refractivity contribution in [3.05, 3.63) is 0 Å². The van der Waals surface area contributed by atoms with E-state index in [2.05, 4.69) is 35.8 Å². The van der Waals surface area contributed by atoms with Gasteiger partial charge < -0.3 is 10.2 Å². The second-order valence-corrected chi connectivity index (χ2v) is 7.65. The van der Waals surface area contributed by atoms with Gasteiger partial charge in [0.05, 0.1) is 5.75 Å². The maximum absolute atomic E-state index is 11.7. The Hall–Kier alpha value is -0.170. The lowest BCUT2D eigenvalue weighted by Gasteiger charge is -2.20. The van der Waals surface area contributed by atoms with Crippen molar-refractivity contribution in [2.75, 3.05) is 32.4 Å². The van der Waals surface area contributed by atoms with E-state index in [0.29, 0.717) is 25.0 Å². The Morgan fingerprint density at radius 3 is 2.47 bits per heavy atom. The van der Waals surface area contributed by atoms with E-state index in [9.17, 15) is 8.42 Å². The zero-order valence-electron chi connectivity index (χ0n) is 12.5. The van der Waals surface area contributed by atoms with Crippen LogP contribution in [0, 0.1) is 0 Å². The summed E-state index contributed by atoms with van der Waals surface area (Å²) in [6.45, 7) is 6.54. The zero-order valence-corrected chi connectivity index (χ0v) is 13.3. The van der Waals surface area contributed by atoms with Gasteiger partial charge in [-0.1, -0.05) is 0 Å². The highest BCUT2D eigenvalue weighted by Gasteiger charge is 2.20. The standard InChI is InChI=1S/C13H29N3O2S/c1-12(2)16(3)10-4-9-15-19(17,18)11-5-8-14-13-6-7-13/h12-15H,4-11H2,1-3H3. The van der Waals surface area contributed by atoms with Gasteiger partial charge in [-0.2, -0.15) is 0 Å². The molecule has 1 saturated carbocycles. The average Bonchev–Trinajstić information content (AvgIpc) is 3.14. The van der Waals surface area contributed by atoms with E-state index in [0.717, 1.165) is 19.5 Å². The van der Waals surface area contributed by atoms with Crippen LogP contribution in [-0.2, 0) is 10.0 Å². The summed E-state index contributed by atoms with van der Waals surface area (Å²) in [6, 6.07) is 1.16. The fraction of sp³-hybridized carbons (Fsp3) is 1.00. The molecule has 2 N–H and O–H groups in total. The van der Waals surface area contributed by atoms with Crippen molar-refractivity contribution in [2.45, 2.75) is 51.6 Å². The molecule has 1 fully saturated rings. The van der Waals surface area contributed by atoms with E-state index in [1.807, 2.05) is 0 Å². The predicted molar refractivity (Wildman–Crippen MR) is 79.8 cm³/mol. The third-order valence-electron chi connectivity index (χ3n) is 3.49. The molecule has 0 radical (unpaired) electrons. The Kier molecular flexibility index (Phi) is 7.28. The lowest BCUT2D eigenvalue weighted by atomic mass is 10.3. The van der Waals surface area contributed by atoms with Crippen LogP contribution in [-0.4, -0.2) is 57.8 Å². The minimum Gasteiger partial charge on any atom is -0.314 e. The lowest BCUT2D eigenvalue weighted by Crippen LogP contribution is -2.33. The van der Waals surface area contributed by atoms with E-state index in [-0.39, 0.29) is 5.75 Å². The Balaban J connectivity index is 2.02. The van der Waals surface area contributed by atoms with E-state index in [4.69, 9.17) is 0 Å². The van der Waals surface area contributed by atoms with Crippen molar-refractivity contribution in [3.8, 4) is 0 Å². The topological polar surface area (TPSA) is 61.4 Å². The number of hydrogen-bond acceptors (Lipinski definition) is 4. The van der Waals surface area contributed by atoms with Crippen LogP contribution in [0.15, 0.2) is 0 Å². The molecule has 0 heterocycles. The van der Waals surface area contributed by atoms with Gasteiger partial charge in [-0.3, -0.25) is 0 Å². The highest BCUT2D eigenvalue weighted by molar-refractivity contribution is 7.89. The molecule has 0 unspecified atom stereocenters. The summed E-state index contributed by atoms with van der Waals surface area (Å²) in [5, 5.41) is 3.32. The fourth-order valence-corrected chi connectivity index (χ4v) is 2.87. The van der Waals surface area contributed by atoms with E-state index < -0.39 is 10.0 Å². The zero-order chi connectivity index (χ0) is 14.3. The normalized spacial score (nSPS) is 16.5. The first-order chi connectivity index (χ1) is 8.91. The first-order valence-electron chi connectivity index (χ1n) is 7.31. The van der Waals surface area contributed by atoms with Crippen LogP contribution in [0.25, 0.3) is 0 Å². The van der Waals surface area contributed by atoms with Crippen molar-refractivity contribution in [2.24, 2.45) is 0 Å². The van der Waals surface area contributed by atoms with Gasteiger partial charge in [0.2, 0.25) is 10.0 Å². The molecule has 0 aromatic heterocycles. The summed E-state index contributed by atoms with van der Waals surface area (Å²) in [5.41, 5.74) is 0. The van der Waals surface area contributed by atoms with Crippen LogP contribution >= 0.6 is 0 Å². The van der Waals surface area contributed by atoms with Gasteiger partial charge in [0, 0.05) is 18.6 Å². The van der Waals surface area contributed by atoms with Crippen molar-refractivity contribution in [3.63, 3.8) is 0 Å².